The van der Waals surface area contributed by atoms with Crippen molar-refractivity contribution in [3.8, 4) is 11.5 Å². The minimum absolute atomic E-state index is 0.244. The molecule has 1 fully saturated rings. The van der Waals surface area contributed by atoms with Crippen LogP contribution in [0.15, 0.2) is 59.2 Å². The predicted molar refractivity (Wildman–Crippen MR) is 99.3 cm³/mol. The summed E-state index contributed by atoms with van der Waals surface area (Å²) in [6, 6.07) is 11.5. The van der Waals surface area contributed by atoms with Crippen molar-refractivity contribution in [2.75, 3.05) is 31.1 Å². The first-order valence-corrected chi connectivity index (χ1v) is 9.01. The monoisotopic (exact) mass is 402 g/mol. The van der Waals surface area contributed by atoms with Crippen molar-refractivity contribution in [1.29, 1.82) is 0 Å². The third kappa shape index (κ3) is 4.08. The van der Waals surface area contributed by atoms with E-state index in [4.69, 9.17) is 4.42 Å². The molecule has 3 aromatic rings. The van der Waals surface area contributed by atoms with Crippen molar-refractivity contribution >= 4 is 11.7 Å². The molecule has 4 rings (SSSR count). The molecule has 6 nitrogen and oxygen atoms in total. The number of halogens is 3. The van der Waals surface area contributed by atoms with Gasteiger partial charge in [0, 0.05) is 31.7 Å². The normalized spacial score (nSPS) is 14.9. The minimum Gasteiger partial charge on any atom is -0.463 e. The van der Waals surface area contributed by atoms with Gasteiger partial charge in [0.15, 0.2) is 11.6 Å². The molecule has 1 aromatic carbocycles. The number of piperazine rings is 1. The minimum atomic E-state index is -4.42. The molecule has 0 spiro atoms. The van der Waals surface area contributed by atoms with Crippen molar-refractivity contribution in [3.05, 3.63) is 65.9 Å². The van der Waals surface area contributed by atoms with Crippen LogP contribution in [0.4, 0.5) is 19.0 Å². The van der Waals surface area contributed by atoms with Gasteiger partial charge in [0.05, 0.1) is 11.8 Å². The van der Waals surface area contributed by atoms with E-state index in [0.717, 1.165) is 12.1 Å². The molecule has 0 unspecified atom stereocenters. The molecular weight excluding hydrogens is 385 g/mol. The molecule has 0 radical (unpaired) electrons. The maximum absolute atomic E-state index is 12.7. The molecule has 2 aromatic heterocycles. The van der Waals surface area contributed by atoms with Crippen LogP contribution < -0.4 is 4.90 Å². The summed E-state index contributed by atoms with van der Waals surface area (Å²) in [6.45, 7) is 2.01. The Morgan fingerprint density at radius 2 is 1.66 bits per heavy atom. The topological polar surface area (TPSA) is 62.5 Å². The number of anilines is 1. The lowest BCUT2D eigenvalue weighted by Crippen LogP contribution is -2.49. The fourth-order valence-corrected chi connectivity index (χ4v) is 3.17. The Morgan fingerprint density at radius 3 is 2.21 bits per heavy atom. The van der Waals surface area contributed by atoms with Gasteiger partial charge in [0.1, 0.15) is 5.69 Å². The highest BCUT2D eigenvalue weighted by atomic mass is 19.4. The second-order valence-corrected chi connectivity index (χ2v) is 6.61. The number of amides is 1. The summed E-state index contributed by atoms with van der Waals surface area (Å²) in [4.78, 5) is 16.2. The number of aromatic nitrogens is 2. The predicted octanol–water partition coefficient (Wildman–Crippen LogP) is 3.72. The van der Waals surface area contributed by atoms with Gasteiger partial charge in [-0.2, -0.15) is 13.2 Å². The van der Waals surface area contributed by atoms with Crippen molar-refractivity contribution in [1.82, 2.24) is 15.1 Å². The van der Waals surface area contributed by atoms with Gasteiger partial charge >= 0.3 is 6.18 Å². The van der Waals surface area contributed by atoms with Crippen LogP contribution in [0.25, 0.3) is 11.5 Å². The molecule has 9 heteroatoms. The van der Waals surface area contributed by atoms with Crippen LogP contribution in [0.5, 0.6) is 0 Å². The number of carbonyl (C=O) groups excluding carboxylic acids is 1. The molecule has 29 heavy (non-hydrogen) atoms. The van der Waals surface area contributed by atoms with E-state index >= 15 is 0 Å². The summed E-state index contributed by atoms with van der Waals surface area (Å²) >= 11 is 0. The zero-order valence-electron chi connectivity index (χ0n) is 15.3. The summed E-state index contributed by atoms with van der Waals surface area (Å²) in [6.07, 6.45) is -2.85. The Labute approximate surface area is 164 Å². The molecule has 0 N–H and O–H groups in total. The number of benzene rings is 1. The number of alkyl halides is 3. The molecule has 0 saturated carbocycles. The molecule has 1 saturated heterocycles. The Hall–Kier alpha value is -3.36. The number of hydrogen-bond acceptors (Lipinski definition) is 5. The quantitative estimate of drug-likeness (QED) is 0.668. The Morgan fingerprint density at radius 1 is 0.931 bits per heavy atom. The summed E-state index contributed by atoms with van der Waals surface area (Å²) in [5.74, 6) is 1.05. The first-order chi connectivity index (χ1) is 13.9. The summed E-state index contributed by atoms with van der Waals surface area (Å²) in [5, 5.41) is 8.39. The second kappa shape index (κ2) is 7.57. The van der Waals surface area contributed by atoms with Crippen LogP contribution in [0.2, 0.25) is 0 Å². The first kappa shape index (κ1) is 19.0. The zero-order chi connectivity index (χ0) is 20.4. The van der Waals surface area contributed by atoms with Crippen molar-refractivity contribution in [2.45, 2.75) is 6.18 Å². The molecule has 0 aliphatic carbocycles. The summed E-state index contributed by atoms with van der Waals surface area (Å²) in [7, 11) is 0. The second-order valence-electron chi connectivity index (χ2n) is 6.61. The van der Waals surface area contributed by atoms with E-state index in [1.165, 1.54) is 12.1 Å². The molecular formula is C20H17F3N4O2. The van der Waals surface area contributed by atoms with Gasteiger partial charge in [0.25, 0.3) is 5.91 Å². The lowest BCUT2D eigenvalue weighted by atomic mass is 10.1. The Balaban J connectivity index is 1.37. The van der Waals surface area contributed by atoms with Gasteiger partial charge in [-0.25, -0.2) is 0 Å². The first-order valence-electron chi connectivity index (χ1n) is 9.01. The SMILES string of the molecule is O=C(c1ccc(C(F)(F)F)cc1)N1CCN(c2ccc(-c3ccco3)nn2)CC1. The maximum Gasteiger partial charge on any atom is 0.416 e. The molecule has 3 heterocycles. The van der Waals surface area contributed by atoms with Crippen LogP contribution >= 0.6 is 0 Å². The van der Waals surface area contributed by atoms with Gasteiger partial charge in [-0.15, -0.1) is 10.2 Å². The van der Waals surface area contributed by atoms with Crippen molar-refractivity contribution in [2.24, 2.45) is 0 Å². The average molecular weight is 402 g/mol. The third-order valence-corrected chi connectivity index (χ3v) is 4.77. The van der Waals surface area contributed by atoms with Crippen molar-refractivity contribution < 1.29 is 22.4 Å². The zero-order valence-corrected chi connectivity index (χ0v) is 15.3. The number of rotatable bonds is 3. The number of furan rings is 1. The van der Waals surface area contributed by atoms with Crippen LogP contribution in [0, 0.1) is 0 Å². The lowest BCUT2D eigenvalue weighted by molar-refractivity contribution is -0.137. The van der Waals surface area contributed by atoms with E-state index in [9.17, 15) is 18.0 Å². The van der Waals surface area contributed by atoms with Crippen LogP contribution in [-0.2, 0) is 6.18 Å². The van der Waals surface area contributed by atoms with E-state index in [1.54, 1.807) is 23.3 Å². The lowest BCUT2D eigenvalue weighted by Gasteiger charge is -2.35. The molecule has 150 valence electrons. The summed E-state index contributed by atoms with van der Waals surface area (Å²) < 4.78 is 43.3. The molecule has 1 amide bonds. The van der Waals surface area contributed by atoms with Gasteiger partial charge in [0.2, 0.25) is 0 Å². The van der Waals surface area contributed by atoms with Crippen LogP contribution in [0.1, 0.15) is 15.9 Å². The summed E-state index contributed by atoms with van der Waals surface area (Å²) in [5.41, 5.74) is 0.111. The van der Waals surface area contributed by atoms with Gasteiger partial charge in [-0.1, -0.05) is 0 Å². The van der Waals surface area contributed by atoms with Gasteiger partial charge < -0.3 is 14.2 Å². The Bertz CT molecular complexity index is 962. The van der Waals surface area contributed by atoms with Crippen molar-refractivity contribution in [3.63, 3.8) is 0 Å². The highest BCUT2D eigenvalue weighted by Gasteiger charge is 2.30. The van der Waals surface area contributed by atoms with Gasteiger partial charge in [-0.05, 0) is 48.5 Å². The maximum atomic E-state index is 12.7. The smallest absolute Gasteiger partial charge is 0.416 e. The highest BCUT2D eigenvalue weighted by molar-refractivity contribution is 5.94. The van der Waals surface area contributed by atoms with E-state index in [0.29, 0.717) is 43.5 Å². The molecule has 1 aliphatic heterocycles. The Kier molecular flexibility index (Phi) is 4.96. The average Bonchev–Trinajstić information content (AvgIpc) is 3.28. The standard InChI is InChI=1S/C20H17F3N4O2/c21-20(22,23)15-5-3-14(4-6-15)19(28)27-11-9-26(10-12-27)18-8-7-16(24-25-18)17-2-1-13-29-17/h1-8,13H,9-12H2. The fraction of sp³-hybridized carbons (Fsp3) is 0.250. The third-order valence-electron chi connectivity index (χ3n) is 4.77. The van der Waals surface area contributed by atoms with E-state index in [-0.39, 0.29) is 11.5 Å². The van der Waals surface area contributed by atoms with Crippen LogP contribution in [-0.4, -0.2) is 47.2 Å². The highest BCUT2D eigenvalue weighted by Crippen LogP contribution is 2.29. The van der Waals surface area contributed by atoms with E-state index < -0.39 is 11.7 Å². The molecule has 1 aliphatic rings. The van der Waals surface area contributed by atoms with E-state index in [2.05, 4.69) is 10.2 Å². The van der Waals surface area contributed by atoms with E-state index in [1.807, 2.05) is 17.0 Å². The number of hydrogen-bond donors (Lipinski definition) is 0. The molecule has 0 bridgehead atoms. The fourth-order valence-electron chi connectivity index (χ4n) is 3.17. The molecule has 0 atom stereocenters. The van der Waals surface area contributed by atoms with Gasteiger partial charge in [-0.3, -0.25) is 4.79 Å². The largest absolute Gasteiger partial charge is 0.463 e. The van der Waals surface area contributed by atoms with Crippen LogP contribution in [0.3, 0.4) is 0 Å². The number of nitrogens with zero attached hydrogens (tertiary/aromatic N) is 4. The number of carbonyl (C=O) groups is 1.